The fraction of sp³-hybridized carbons (Fsp3) is 0.400. The summed E-state index contributed by atoms with van der Waals surface area (Å²) in [5, 5.41) is 0. The summed E-state index contributed by atoms with van der Waals surface area (Å²) >= 11 is 3.28. The fourth-order valence-electron chi connectivity index (χ4n) is 1.23. The fourth-order valence-corrected chi connectivity index (χ4v) is 1.65. The third-order valence-electron chi connectivity index (χ3n) is 2.14. The molecular weight excluding hydrogens is 233 g/mol. The van der Waals surface area contributed by atoms with Gasteiger partial charge in [-0.1, -0.05) is 13.8 Å². The Morgan fingerprint density at radius 1 is 1.46 bits per heavy atom. The Bertz CT molecular complexity index is 334. The molecule has 0 fully saturated rings. The minimum Gasteiger partial charge on any atom is -0.398 e. The summed E-state index contributed by atoms with van der Waals surface area (Å²) in [6.07, 6.45) is 0. The van der Waals surface area contributed by atoms with Crippen molar-refractivity contribution in [3.8, 4) is 0 Å². The van der Waals surface area contributed by atoms with E-state index in [1.165, 1.54) is 6.07 Å². The van der Waals surface area contributed by atoms with Gasteiger partial charge in [0.05, 0.1) is 0 Å². The average molecular weight is 246 g/mol. The van der Waals surface area contributed by atoms with E-state index >= 15 is 0 Å². The molecule has 0 saturated carbocycles. The minimum absolute atomic E-state index is 0.204. The summed E-state index contributed by atoms with van der Waals surface area (Å²) in [6, 6.07) is 1.51. The standard InChI is InChI=1S/C10H13BrFN/c1-5(2)7-4-8(12)6(3)9(11)10(7)13/h4-5H,13H2,1-3H3. The Labute approximate surface area is 86.3 Å². The van der Waals surface area contributed by atoms with Crippen LogP contribution in [0, 0.1) is 12.7 Å². The van der Waals surface area contributed by atoms with Gasteiger partial charge in [0.25, 0.3) is 0 Å². The topological polar surface area (TPSA) is 26.0 Å². The van der Waals surface area contributed by atoms with Gasteiger partial charge in [0.2, 0.25) is 0 Å². The van der Waals surface area contributed by atoms with Gasteiger partial charge in [-0.15, -0.1) is 0 Å². The largest absolute Gasteiger partial charge is 0.398 e. The molecule has 0 aliphatic carbocycles. The van der Waals surface area contributed by atoms with Gasteiger partial charge >= 0.3 is 0 Å². The highest BCUT2D eigenvalue weighted by molar-refractivity contribution is 9.10. The molecule has 0 saturated heterocycles. The van der Waals surface area contributed by atoms with Crippen molar-refractivity contribution in [1.82, 2.24) is 0 Å². The van der Waals surface area contributed by atoms with Crippen LogP contribution in [-0.4, -0.2) is 0 Å². The molecule has 0 heterocycles. The van der Waals surface area contributed by atoms with Gasteiger partial charge in [0.1, 0.15) is 5.82 Å². The summed E-state index contributed by atoms with van der Waals surface area (Å²) in [5.74, 6) is 0.0381. The lowest BCUT2D eigenvalue weighted by Crippen LogP contribution is -2.01. The second-order valence-corrected chi connectivity index (χ2v) is 4.25. The van der Waals surface area contributed by atoms with Crippen molar-refractivity contribution in [3.05, 3.63) is 27.5 Å². The first-order chi connectivity index (χ1) is 5.95. The van der Waals surface area contributed by atoms with Crippen molar-refractivity contribution in [1.29, 1.82) is 0 Å². The van der Waals surface area contributed by atoms with Crippen LogP contribution in [0.2, 0.25) is 0 Å². The van der Waals surface area contributed by atoms with Crippen molar-refractivity contribution in [2.75, 3.05) is 5.73 Å². The molecule has 72 valence electrons. The van der Waals surface area contributed by atoms with Crippen molar-refractivity contribution in [3.63, 3.8) is 0 Å². The van der Waals surface area contributed by atoms with E-state index in [4.69, 9.17) is 5.73 Å². The third kappa shape index (κ3) is 1.85. The number of rotatable bonds is 1. The van der Waals surface area contributed by atoms with Crippen LogP contribution in [0.5, 0.6) is 0 Å². The average Bonchev–Trinajstić information content (AvgIpc) is 2.07. The van der Waals surface area contributed by atoms with Gasteiger partial charge in [-0.05, 0) is 40.4 Å². The molecule has 0 aliphatic heterocycles. The monoisotopic (exact) mass is 245 g/mol. The van der Waals surface area contributed by atoms with Crippen molar-refractivity contribution in [2.24, 2.45) is 0 Å². The molecule has 0 bridgehead atoms. The zero-order valence-electron chi connectivity index (χ0n) is 7.99. The summed E-state index contributed by atoms with van der Waals surface area (Å²) in [6.45, 7) is 5.69. The molecule has 1 aromatic rings. The van der Waals surface area contributed by atoms with E-state index in [0.717, 1.165) is 5.56 Å². The molecule has 1 nitrogen and oxygen atoms in total. The maximum Gasteiger partial charge on any atom is 0.127 e. The van der Waals surface area contributed by atoms with E-state index < -0.39 is 0 Å². The number of benzene rings is 1. The zero-order chi connectivity index (χ0) is 10.2. The second-order valence-electron chi connectivity index (χ2n) is 3.45. The number of hydrogen-bond acceptors (Lipinski definition) is 1. The number of halogens is 2. The third-order valence-corrected chi connectivity index (χ3v) is 3.16. The molecule has 0 unspecified atom stereocenters. The first kappa shape index (κ1) is 10.5. The number of hydrogen-bond donors (Lipinski definition) is 1. The second kappa shape index (κ2) is 3.66. The Kier molecular flexibility index (Phi) is 2.96. The summed E-state index contributed by atoms with van der Waals surface area (Å²) < 4.78 is 14.0. The van der Waals surface area contributed by atoms with Crippen LogP contribution in [-0.2, 0) is 0 Å². The molecule has 0 aliphatic rings. The summed E-state index contributed by atoms with van der Waals surface area (Å²) in [7, 11) is 0. The van der Waals surface area contributed by atoms with Gasteiger partial charge in [-0.25, -0.2) is 4.39 Å². The van der Waals surface area contributed by atoms with E-state index in [9.17, 15) is 4.39 Å². The summed E-state index contributed by atoms with van der Waals surface area (Å²) in [4.78, 5) is 0. The maximum absolute atomic E-state index is 13.3. The lowest BCUT2D eigenvalue weighted by atomic mass is 9.99. The SMILES string of the molecule is Cc1c(F)cc(C(C)C)c(N)c1Br. The molecule has 1 aromatic carbocycles. The van der Waals surface area contributed by atoms with E-state index in [0.29, 0.717) is 15.7 Å². The van der Waals surface area contributed by atoms with Crippen molar-refractivity contribution < 1.29 is 4.39 Å². The van der Waals surface area contributed by atoms with E-state index in [-0.39, 0.29) is 11.7 Å². The minimum atomic E-state index is -0.204. The van der Waals surface area contributed by atoms with E-state index in [2.05, 4.69) is 15.9 Å². The predicted octanol–water partition coefficient (Wildman–Crippen LogP) is 3.60. The van der Waals surface area contributed by atoms with Gasteiger partial charge in [-0.2, -0.15) is 0 Å². The molecular formula is C10H13BrFN. The molecule has 0 aromatic heterocycles. The van der Waals surface area contributed by atoms with Crippen molar-refractivity contribution in [2.45, 2.75) is 26.7 Å². The van der Waals surface area contributed by atoms with Gasteiger partial charge in [-0.3, -0.25) is 0 Å². The normalized spacial score (nSPS) is 10.9. The molecule has 0 atom stereocenters. The van der Waals surface area contributed by atoms with Crippen LogP contribution in [0.3, 0.4) is 0 Å². The van der Waals surface area contributed by atoms with Crippen LogP contribution in [0.15, 0.2) is 10.5 Å². The highest BCUT2D eigenvalue weighted by atomic mass is 79.9. The Morgan fingerprint density at radius 3 is 2.46 bits per heavy atom. The molecule has 0 radical (unpaired) electrons. The van der Waals surface area contributed by atoms with Gasteiger partial charge in [0, 0.05) is 15.7 Å². The van der Waals surface area contributed by atoms with Crippen LogP contribution in [0.25, 0.3) is 0 Å². The zero-order valence-corrected chi connectivity index (χ0v) is 9.57. The summed E-state index contributed by atoms with van der Waals surface area (Å²) in [5.41, 5.74) is 7.91. The lowest BCUT2D eigenvalue weighted by Gasteiger charge is -2.13. The Hall–Kier alpha value is -0.570. The first-order valence-electron chi connectivity index (χ1n) is 4.19. The number of nitrogens with two attached hydrogens (primary N) is 1. The van der Waals surface area contributed by atoms with Crippen LogP contribution >= 0.6 is 15.9 Å². The van der Waals surface area contributed by atoms with Crippen LogP contribution < -0.4 is 5.73 Å². The van der Waals surface area contributed by atoms with Crippen molar-refractivity contribution >= 4 is 21.6 Å². The quantitative estimate of drug-likeness (QED) is 0.752. The van der Waals surface area contributed by atoms with Gasteiger partial charge < -0.3 is 5.73 Å². The highest BCUT2D eigenvalue weighted by Gasteiger charge is 2.13. The lowest BCUT2D eigenvalue weighted by molar-refractivity contribution is 0.613. The molecule has 1 rings (SSSR count). The maximum atomic E-state index is 13.3. The Morgan fingerprint density at radius 2 is 2.00 bits per heavy atom. The van der Waals surface area contributed by atoms with Gasteiger partial charge in [0.15, 0.2) is 0 Å². The molecule has 0 spiro atoms. The van der Waals surface area contributed by atoms with E-state index in [1.807, 2.05) is 13.8 Å². The Balaban J connectivity index is 3.41. The highest BCUT2D eigenvalue weighted by Crippen LogP contribution is 2.33. The van der Waals surface area contributed by atoms with E-state index in [1.54, 1.807) is 6.92 Å². The predicted molar refractivity (Wildman–Crippen MR) is 57.3 cm³/mol. The number of anilines is 1. The van der Waals surface area contributed by atoms with Crippen LogP contribution in [0.1, 0.15) is 30.9 Å². The molecule has 2 N–H and O–H groups in total. The number of nitrogen functional groups attached to an aromatic ring is 1. The molecule has 13 heavy (non-hydrogen) atoms. The van der Waals surface area contributed by atoms with Crippen LogP contribution in [0.4, 0.5) is 10.1 Å². The molecule has 0 amide bonds. The smallest absolute Gasteiger partial charge is 0.127 e. The first-order valence-corrected chi connectivity index (χ1v) is 4.98. The molecule has 3 heteroatoms.